The summed E-state index contributed by atoms with van der Waals surface area (Å²) in [6.45, 7) is 0.481. The van der Waals surface area contributed by atoms with E-state index in [9.17, 15) is 14.4 Å². The Balaban J connectivity index is 1.23. The van der Waals surface area contributed by atoms with Crippen molar-refractivity contribution in [2.45, 2.75) is 18.4 Å². The summed E-state index contributed by atoms with van der Waals surface area (Å²) in [7, 11) is 0. The van der Waals surface area contributed by atoms with Gasteiger partial charge >= 0.3 is 6.03 Å². The van der Waals surface area contributed by atoms with E-state index < -0.39 is 23.4 Å². The molecule has 3 aromatic heterocycles. The van der Waals surface area contributed by atoms with E-state index in [2.05, 4.69) is 25.7 Å². The summed E-state index contributed by atoms with van der Waals surface area (Å²) in [5.74, 6) is -0.292. The normalized spacial score (nSPS) is 17.0. The number of ether oxygens (including phenoxy) is 1. The number of imide groups is 2. The molecule has 2 N–H and O–H groups in total. The number of nitrogens with one attached hydrogen (secondary N) is 2. The molecule has 0 aliphatic carbocycles. The molecule has 2 aliphatic rings. The second-order valence-electron chi connectivity index (χ2n) is 8.31. The van der Waals surface area contributed by atoms with Gasteiger partial charge in [0.05, 0.1) is 23.1 Å². The SMILES string of the molecule is O=C1NC(=O)C2(CCCN2c2ccc(Oc3ccc4nn(-c5ccncc5)cc4c3)nc2)C(=O)N1. The fourth-order valence-corrected chi connectivity index (χ4v) is 4.60. The van der Waals surface area contributed by atoms with Crippen molar-refractivity contribution in [2.24, 2.45) is 0 Å². The largest absolute Gasteiger partial charge is 0.439 e. The van der Waals surface area contributed by atoms with Crippen molar-refractivity contribution in [3.63, 3.8) is 0 Å². The zero-order chi connectivity index (χ0) is 24.0. The van der Waals surface area contributed by atoms with Crippen LogP contribution in [0.3, 0.4) is 0 Å². The molecule has 2 saturated heterocycles. The summed E-state index contributed by atoms with van der Waals surface area (Å²) in [6, 6.07) is 11.9. The van der Waals surface area contributed by atoms with Gasteiger partial charge in [-0.05, 0) is 49.2 Å². The molecule has 2 aliphatic heterocycles. The number of fused-ring (bicyclic) bond motifs is 1. The van der Waals surface area contributed by atoms with Crippen molar-refractivity contribution < 1.29 is 19.1 Å². The molecule has 1 spiro atoms. The average Bonchev–Trinajstić information content (AvgIpc) is 3.49. The molecule has 6 rings (SSSR count). The topological polar surface area (TPSA) is 131 Å². The van der Waals surface area contributed by atoms with Gasteiger partial charge in [0.25, 0.3) is 11.8 Å². The van der Waals surface area contributed by atoms with E-state index in [0.717, 1.165) is 16.6 Å². The summed E-state index contributed by atoms with van der Waals surface area (Å²) in [5.41, 5.74) is 0.848. The van der Waals surface area contributed by atoms with Crippen LogP contribution in [0.5, 0.6) is 11.6 Å². The molecule has 2 fully saturated rings. The number of rotatable bonds is 4. The number of hydrogen-bond acceptors (Lipinski definition) is 8. The van der Waals surface area contributed by atoms with Gasteiger partial charge in [-0.2, -0.15) is 5.10 Å². The van der Waals surface area contributed by atoms with Gasteiger partial charge in [-0.3, -0.25) is 25.2 Å². The van der Waals surface area contributed by atoms with Gasteiger partial charge in [0.15, 0.2) is 5.54 Å². The molecule has 5 heterocycles. The monoisotopic (exact) mass is 469 g/mol. The van der Waals surface area contributed by atoms with Crippen LogP contribution in [-0.4, -0.2) is 49.7 Å². The van der Waals surface area contributed by atoms with E-state index in [1.165, 1.54) is 0 Å². The van der Waals surface area contributed by atoms with Crippen molar-refractivity contribution >= 4 is 34.4 Å². The molecule has 0 radical (unpaired) electrons. The second kappa shape index (κ2) is 7.90. The Morgan fingerprint density at radius 1 is 0.943 bits per heavy atom. The van der Waals surface area contributed by atoms with Crippen LogP contribution >= 0.6 is 0 Å². The molecule has 11 heteroatoms. The molecule has 174 valence electrons. The van der Waals surface area contributed by atoms with Crippen molar-refractivity contribution in [3.8, 4) is 17.3 Å². The number of carbonyl (C=O) groups is 3. The van der Waals surface area contributed by atoms with Crippen molar-refractivity contribution in [3.05, 3.63) is 67.3 Å². The number of pyridine rings is 2. The maximum Gasteiger partial charge on any atom is 0.328 e. The van der Waals surface area contributed by atoms with Crippen molar-refractivity contribution in [1.29, 1.82) is 0 Å². The van der Waals surface area contributed by atoms with Gasteiger partial charge < -0.3 is 9.64 Å². The number of benzene rings is 1. The van der Waals surface area contributed by atoms with Gasteiger partial charge in [-0.25, -0.2) is 14.5 Å². The zero-order valence-corrected chi connectivity index (χ0v) is 18.3. The van der Waals surface area contributed by atoms with E-state index in [4.69, 9.17) is 4.74 Å². The lowest BCUT2D eigenvalue weighted by Gasteiger charge is -2.38. The van der Waals surface area contributed by atoms with E-state index in [0.29, 0.717) is 36.7 Å². The number of nitrogens with zero attached hydrogens (tertiary/aromatic N) is 5. The quantitative estimate of drug-likeness (QED) is 0.436. The van der Waals surface area contributed by atoms with E-state index in [1.807, 2.05) is 36.5 Å². The van der Waals surface area contributed by atoms with Crippen LogP contribution in [0.15, 0.2) is 67.3 Å². The van der Waals surface area contributed by atoms with Crippen molar-refractivity contribution in [1.82, 2.24) is 30.4 Å². The van der Waals surface area contributed by atoms with Crippen LogP contribution in [0.1, 0.15) is 12.8 Å². The predicted molar refractivity (Wildman–Crippen MR) is 124 cm³/mol. The Bertz CT molecular complexity index is 1450. The molecular formula is C24H19N7O4. The molecule has 4 amide bonds. The highest BCUT2D eigenvalue weighted by Gasteiger charge is 2.57. The Morgan fingerprint density at radius 2 is 1.74 bits per heavy atom. The molecule has 4 aromatic rings. The first-order valence-electron chi connectivity index (χ1n) is 11.0. The highest BCUT2D eigenvalue weighted by molar-refractivity contribution is 6.24. The number of hydrogen-bond donors (Lipinski definition) is 2. The summed E-state index contributed by atoms with van der Waals surface area (Å²) in [4.78, 5) is 46.9. The average molecular weight is 469 g/mol. The standard InChI is InChI=1S/C24H19N7O4/c32-21-24(22(33)28-23(34)27-21)8-1-11-30(24)17-2-5-20(26-13-17)35-18-3-4-19-15(12-18)14-31(29-19)16-6-9-25-10-7-16/h2-7,9-10,12-14H,1,8,11H2,(H2,27,28,32,33,34). The number of amides is 4. The van der Waals surface area contributed by atoms with Gasteiger partial charge in [-0.15, -0.1) is 0 Å². The minimum Gasteiger partial charge on any atom is -0.439 e. The predicted octanol–water partition coefficient (Wildman–Crippen LogP) is 2.31. The minimum atomic E-state index is -1.46. The number of anilines is 1. The highest BCUT2D eigenvalue weighted by Crippen LogP contribution is 2.36. The number of aromatic nitrogens is 4. The Labute approximate surface area is 198 Å². The molecule has 1 aromatic carbocycles. The van der Waals surface area contributed by atoms with E-state index >= 15 is 0 Å². The van der Waals surface area contributed by atoms with Crippen molar-refractivity contribution in [2.75, 3.05) is 11.4 Å². The zero-order valence-electron chi connectivity index (χ0n) is 18.3. The molecule has 0 bridgehead atoms. The summed E-state index contributed by atoms with van der Waals surface area (Å²) in [5, 5.41) is 9.89. The lowest BCUT2D eigenvalue weighted by Crippen LogP contribution is -2.71. The first-order chi connectivity index (χ1) is 17.0. The van der Waals surface area contributed by atoms with E-state index in [-0.39, 0.29) is 0 Å². The second-order valence-corrected chi connectivity index (χ2v) is 8.31. The summed E-state index contributed by atoms with van der Waals surface area (Å²) in [6.07, 6.45) is 7.82. The number of barbiturate groups is 1. The minimum absolute atomic E-state index is 0.309. The first-order valence-corrected chi connectivity index (χ1v) is 11.0. The third-order valence-electron chi connectivity index (χ3n) is 6.24. The Kier molecular flexibility index (Phi) is 4.69. The lowest BCUT2D eigenvalue weighted by molar-refractivity contribution is -0.137. The molecule has 35 heavy (non-hydrogen) atoms. The van der Waals surface area contributed by atoms with Crippen LogP contribution in [0.2, 0.25) is 0 Å². The lowest BCUT2D eigenvalue weighted by atomic mass is 9.92. The maximum atomic E-state index is 12.6. The summed E-state index contributed by atoms with van der Waals surface area (Å²) < 4.78 is 7.71. The first kappa shape index (κ1) is 20.8. The molecule has 11 nitrogen and oxygen atoms in total. The summed E-state index contributed by atoms with van der Waals surface area (Å²) >= 11 is 0. The molecule has 0 saturated carbocycles. The van der Waals surface area contributed by atoms with Gasteiger partial charge in [0, 0.05) is 36.6 Å². The smallest absolute Gasteiger partial charge is 0.328 e. The van der Waals surface area contributed by atoms with Gasteiger partial charge in [0.1, 0.15) is 5.75 Å². The highest BCUT2D eigenvalue weighted by atomic mass is 16.5. The number of carbonyl (C=O) groups excluding carboxylic acids is 3. The van der Waals surface area contributed by atoms with Crippen LogP contribution in [0.4, 0.5) is 10.5 Å². The fourth-order valence-electron chi connectivity index (χ4n) is 4.60. The van der Waals surface area contributed by atoms with Crippen LogP contribution in [0.25, 0.3) is 16.6 Å². The van der Waals surface area contributed by atoms with Crippen LogP contribution < -0.4 is 20.3 Å². The Hall–Kier alpha value is -4.80. The fraction of sp³-hybridized carbons (Fsp3) is 0.167. The molecule has 0 atom stereocenters. The number of urea groups is 1. The van der Waals surface area contributed by atoms with Crippen LogP contribution in [-0.2, 0) is 9.59 Å². The van der Waals surface area contributed by atoms with Gasteiger partial charge in [-0.1, -0.05) is 0 Å². The van der Waals surface area contributed by atoms with E-state index in [1.54, 1.807) is 40.3 Å². The van der Waals surface area contributed by atoms with Crippen LogP contribution in [0, 0.1) is 0 Å². The third kappa shape index (κ3) is 3.44. The van der Waals surface area contributed by atoms with Gasteiger partial charge in [0.2, 0.25) is 5.88 Å². The third-order valence-corrected chi connectivity index (χ3v) is 6.24. The molecular weight excluding hydrogens is 450 g/mol. The molecule has 0 unspecified atom stereocenters. The Morgan fingerprint density at radius 3 is 2.49 bits per heavy atom. The maximum absolute atomic E-state index is 12.6.